The Morgan fingerprint density at radius 2 is 1.79 bits per heavy atom. The molecule has 0 fully saturated rings. The zero-order valence-corrected chi connectivity index (χ0v) is 10.3. The third kappa shape index (κ3) is 3.62. The molecule has 0 aliphatic carbocycles. The fourth-order valence-corrected chi connectivity index (χ4v) is 1.55. The highest BCUT2D eigenvalue weighted by atomic mass is 16.5. The van der Waals surface area contributed by atoms with Crippen LogP contribution in [0.3, 0.4) is 0 Å². The van der Waals surface area contributed by atoms with Crippen molar-refractivity contribution in [3.8, 4) is 18.1 Å². The van der Waals surface area contributed by atoms with Crippen LogP contribution in [-0.2, 0) is 0 Å². The number of hydrogen-bond acceptors (Lipinski definition) is 2. The summed E-state index contributed by atoms with van der Waals surface area (Å²) < 4.78 is 5.24. The highest BCUT2D eigenvalue weighted by Crippen LogP contribution is 2.14. The Hall–Kier alpha value is -2.73. The Labute approximate surface area is 112 Å². The molecule has 0 aromatic heterocycles. The van der Waals surface area contributed by atoms with Gasteiger partial charge in [0, 0.05) is 11.3 Å². The minimum Gasteiger partial charge on any atom is -0.481 e. The number of terminal acetylenes is 1. The molecule has 0 aliphatic heterocycles. The molecule has 19 heavy (non-hydrogen) atoms. The second-order valence-corrected chi connectivity index (χ2v) is 3.84. The van der Waals surface area contributed by atoms with Crippen molar-refractivity contribution >= 4 is 11.6 Å². The summed E-state index contributed by atoms with van der Waals surface area (Å²) >= 11 is 0. The second-order valence-electron chi connectivity index (χ2n) is 3.84. The number of anilines is 1. The van der Waals surface area contributed by atoms with Crippen LogP contribution in [0, 0.1) is 12.3 Å². The Morgan fingerprint density at radius 3 is 2.42 bits per heavy atom. The van der Waals surface area contributed by atoms with E-state index in [4.69, 9.17) is 11.2 Å². The normalized spacial score (nSPS) is 9.42. The summed E-state index contributed by atoms with van der Waals surface area (Å²) in [6.45, 7) is 0.218. The lowest BCUT2D eigenvalue weighted by Crippen LogP contribution is -2.11. The highest BCUT2D eigenvalue weighted by Gasteiger charge is 2.05. The fourth-order valence-electron chi connectivity index (χ4n) is 1.55. The molecule has 0 aliphatic rings. The quantitative estimate of drug-likeness (QED) is 0.848. The van der Waals surface area contributed by atoms with Crippen LogP contribution < -0.4 is 10.1 Å². The number of para-hydroxylation sites is 1. The smallest absolute Gasteiger partial charge is 0.255 e. The van der Waals surface area contributed by atoms with Crippen LogP contribution in [0.25, 0.3) is 0 Å². The average Bonchev–Trinajstić information content (AvgIpc) is 2.46. The van der Waals surface area contributed by atoms with Gasteiger partial charge in [0.15, 0.2) is 0 Å². The first-order valence-electron chi connectivity index (χ1n) is 5.82. The minimum atomic E-state index is -0.158. The van der Waals surface area contributed by atoms with E-state index >= 15 is 0 Å². The second kappa shape index (κ2) is 6.27. The number of carbonyl (C=O) groups excluding carboxylic acids is 1. The molecule has 0 unspecified atom stereocenters. The maximum Gasteiger partial charge on any atom is 0.255 e. The largest absolute Gasteiger partial charge is 0.481 e. The number of nitrogens with one attached hydrogen (secondary N) is 1. The third-order valence-electron chi connectivity index (χ3n) is 2.47. The molecule has 0 atom stereocenters. The topological polar surface area (TPSA) is 38.3 Å². The SMILES string of the molecule is C#CCOc1ccc(C(=O)Nc2ccccc2)cc1. The van der Waals surface area contributed by atoms with E-state index in [-0.39, 0.29) is 12.5 Å². The molecule has 0 spiro atoms. The number of hydrogen-bond donors (Lipinski definition) is 1. The summed E-state index contributed by atoms with van der Waals surface area (Å²) in [6, 6.07) is 16.1. The molecule has 2 aromatic rings. The molecule has 3 heteroatoms. The molecular weight excluding hydrogens is 238 g/mol. The Bertz CT molecular complexity index is 582. The Balaban J connectivity index is 2.02. The molecule has 3 nitrogen and oxygen atoms in total. The van der Waals surface area contributed by atoms with E-state index in [9.17, 15) is 4.79 Å². The van der Waals surface area contributed by atoms with Crippen LogP contribution in [0.4, 0.5) is 5.69 Å². The van der Waals surface area contributed by atoms with Gasteiger partial charge in [0.2, 0.25) is 0 Å². The van der Waals surface area contributed by atoms with Crippen molar-refractivity contribution in [2.45, 2.75) is 0 Å². The molecule has 1 N–H and O–H groups in total. The van der Waals surface area contributed by atoms with Crippen molar-refractivity contribution in [1.82, 2.24) is 0 Å². The van der Waals surface area contributed by atoms with E-state index in [0.717, 1.165) is 5.69 Å². The predicted molar refractivity (Wildman–Crippen MR) is 75.2 cm³/mol. The van der Waals surface area contributed by atoms with Crippen molar-refractivity contribution in [2.75, 3.05) is 11.9 Å². The molecule has 1 amide bonds. The predicted octanol–water partition coefficient (Wildman–Crippen LogP) is 2.95. The molecule has 0 heterocycles. The van der Waals surface area contributed by atoms with Gasteiger partial charge < -0.3 is 10.1 Å². The molecule has 0 saturated carbocycles. The van der Waals surface area contributed by atoms with Gasteiger partial charge in [0.25, 0.3) is 5.91 Å². The summed E-state index contributed by atoms with van der Waals surface area (Å²) in [5.41, 5.74) is 1.33. The van der Waals surface area contributed by atoms with Crippen LogP contribution in [0.1, 0.15) is 10.4 Å². The maximum atomic E-state index is 12.0. The van der Waals surface area contributed by atoms with Crippen molar-refractivity contribution in [3.63, 3.8) is 0 Å². The zero-order valence-electron chi connectivity index (χ0n) is 10.3. The van der Waals surface area contributed by atoms with Crippen LogP contribution in [0.2, 0.25) is 0 Å². The van der Waals surface area contributed by atoms with E-state index < -0.39 is 0 Å². The van der Waals surface area contributed by atoms with Crippen LogP contribution in [0.15, 0.2) is 54.6 Å². The molecular formula is C16H13NO2. The lowest BCUT2D eigenvalue weighted by molar-refractivity contribution is 0.102. The van der Waals surface area contributed by atoms with Gasteiger partial charge in [-0.25, -0.2) is 0 Å². The van der Waals surface area contributed by atoms with Crippen molar-refractivity contribution in [2.24, 2.45) is 0 Å². The van der Waals surface area contributed by atoms with Gasteiger partial charge >= 0.3 is 0 Å². The number of ether oxygens (including phenoxy) is 1. The lowest BCUT2D eigenvalue weighted by Gasteiger charge is -2.06. The van der Waals surface area contributed by atoms with E-state index in [1.165, 1.54) is 0 Å². The molecule has 94 valence electrons. The van der Waals surface area contributed by atoms with Crippen molar-refractivity contribution in [3.05, 3.63) is 60.2 Å². The van der Waals surface area contributed by atoms with Gasteiger partial charge in [-0.05, 0) is 36.4 Å². The summed E-state index contributed by atoms with van der Waals surface area (Å²) in [5, 5.41) is 2.81. The Morgan fingerprint density at radius 1 is 1.11 bits per heavy atom. The highest BCUT2D eigenvalue weighted by molar-refractivity contribution is 6.04. The average molecular weight is 251 g/mol. The Kier molecular flexibility index (Phi) is 4.20. The van der Waals surface area contributed by atoms with Gasteiger partial charge in [0.1, 0.15) is 12.4 Å². The third-order valence-corrected chi connectivity index (χ3v) is 2.47. The summed E-state index contributed by atoms with van der Waals surface area (Å²) in [4.78, 5) is 12.0. The minimum absolute atomic E-state index is 0.158. The number of amides is 1. The van der Waals surface area contributed by atoms with E-state index in [1.54, 1.807) is 24.3 Å². The zero-order chi connectivity index (χ0) is 13.5. The standard InChI is InChI=1S/C16H13NO2/c1-2-12-19-15-10-8-13(9-11-15)16(18)17-14-6-4-3-5-7-14/h1,3-11H,12H2,(H,17,18). The maximum absolute atomic E-state index is 12.0. The number of benzene rings is 2. The lowest BCUT2D eigenvalue weighted by atomic mass is 10.2. The van der Waals surface area contributed by atoms with Crippen LogP contribution >= 0.6 is 0 Å². The van der Waals surface area contributed by atoms with E-state index in [0.29, 0.717) is 11.3 Å². The molecule has 0 bridgehead atoms. The monoisotopic (exact) mass is 251 g/mol. The van der Waals surface area contributed by atoms with Crippen molar-refractivity contribution in [1.29, 1.82) is 0 Å². The number of rotatable bonds is 4. The first kappa shape index (κ1) is 12.7. The van der Waals surface area contributed by atoms with E-state index in [1.807, 2.05) is 30.3 Å². The van der Waals surface area contributed by atoms with Crippen molar-refractivity contribution < 1.29 is 9.53 Å². The van der Waals surface area contributed by atoms with Gasteiger partial charge in [-0.1, -0.05) is 24.1 Å². The number of carbonyl (C=O) groups is 1. The van der Waals surface area contributed by atoms with E-state index in [2.05, 4.69) is 11.2 Å². The summed E-state index contributed by atoms with van der Waals surface area (Å²) in [6.07, 6.45) is 5.10. The summed E-state index contributed by atoms with van der Waals surface area (Å²) in [7, 11) is 0. The fraction of sp³-hybridized carbons (Fsp3) is 0.0625. The first-order valence-corrected chi connectivity index (χ1v) is 5.82. The van der Waals surface area contributed by atoms with Crippen LogP contribution in [-0.4, -0.2) is 12.5 Å². The first-order chi connectivity index (χ1) is 9.29. The molecule has 0 saturated heterocycles. The molecule has 0 radical (unpaired) electrons. The van der Waals surface area contributed by atoms with Gasteiger partial charge in [-0.15, -0.1) is 6.42 Å². The van der Waals surface area contributed by atoms with Gasteiger partial charge in [-0.2, -0.15) is 0 Å². The van der Waals surface area contributed by atoms with Crippen LogP contribution in [0.5, 0.6) is 5.75 Å². The van der Waals surface area contributed by atoms with Gasteiger partial charge in [-0.3, -0.25) is 4.79 Å². The van der Waals surface area contributed by atoms with Gasteiger partial charge in [0.05, 0.1) is 0 Å². The summed E-state index contributed by atoms with van der Waals surface area (Å²) in [5.74, 6) is 2.87. The molecule has 2 rings (SSSR count). The molecule has 2 aromatic carbocycles.